The minimum absolute atomic E-state index is 0. The predicted octanol–water partition coefficient (Wildman–Crippen LogP) is 1.10. The molecule has 3 rings (SSSR count). The summed E-state index contributed by atoms with van der Waals surface area (Å²) < 4.78 is 0. The summed E-state index contributed by atoms with van der Waals surface area (Å²) in [5.74, 6) is 0. The third-order valence-electron chi connectivity index (χ3n) is 3.41. The molecule has 0 unspecified atom stereocenters. The molecule has 0 saturated heterocycles. The maximum absolute atomic E-state index is 2.41. The zero-order chi connectivity index (χ0) is 11.1. The highest BCUT2D eigenvalue weighted by atomic mass is 35.5. The normalized spacial score (nSPS) is 13.1. The van der Waals surface area contributed by atoms with Gasteiger partial charge in [0.15, 0.2) is 0 Å². The molecule has 1 aliphatic rings. The fraction of sp³-hybridized carbons (Fsp3) is 0.200. The first-order chi connectivity index (χ1) is 7.79. The van der Waals surface area contributed by atoms with Crippen molar-refractivity contribution in [1.29, 1.82) is 0 Å². The van der Waals surface area contributed by atoms with Gasteiger partial charge in [-0.05, 0) is 22.3 Å². The Kier molecular flexibility index (Phi) is 3.41. The molecule has 0 atom stereocenters. The summed E-state index contributed by atoms with van der Waals surface area (Å²) in [5, 5.41) is 0. The van der Waals surface area contributed by atoms with Crippen LogP contribution < -0.4 is 12.4 Å². The summed E-state index contributed by atoms with van der Waals surface area (Å²) in [7, 11) is -0.336. The second-order valence-electron chi connectivity index (χ2n) is 4.68. The van der Waals surface area contributed by atoms with Gasteiger partial charge in [-0.1, -0.05) is 61.6 Å². The number of rotatable bonds is 1. The van der Waals surface area contributed by atoms with Crippen molar-refractivity contribution >= 4 is 8.80 Å². The van der Waals surface area contributed by atoms with E-state index in [2.05, 4.69) is 61.6 Å². The van der Waals surface area contributed by atoms with Crippen molar-refractivity contribution in [2.45, 2.75) is 18.6 Å². The van der Waals surface area contributed by atoms with Crippen LogP contribution in [0, 0.1) is 0 Å². The van der Waals surface area contributed by atoms with E-state index >= 15 is 0 Å². The zero-order valence-electron chi connectivity index (χ0n) is 10.1. The van der Waals surface area contributed by atoms with Crippen LogP contribution in [0.5, 0.6) is 0 Å². The number of hydrogen-bond acceptors (Lipinski definition) is 0. The third kappa shape index (κ3) is 1.84. The molecule has 0 heterocycles. The molecule has 0 N–H and O–H groups in total. The lowest BCUT2D eigenvalue weighted by atomic mass is 10.1. The van der Waals surface area contributed by atoms with Gasteiger partial charge < -0.3 is 12.4 Å². The summed E-state index contributed by atoms with van der Waals surface area (Å²) in [6, 6.07) is 17.8. The molecule has 0 spiro atoms. The van der Waals surface area contributed by atoms with Crippen molar-refractivity contribution < 1.29 is 12.4 Å². The molecule has 0 aromatic heterocycles. The highest BCUT2D eigenvalue weighted by molar-refractivity contribution is 6.59. The smallest absolute Gasteiger partial charge is 0.0556 e. The summed E-state index contributed by atoms with van der Waals surface area (Å²) >= 11 is 0. The number of fused-ring (bicyclic) bond motifs is 3. The average Bonchev–Trinajstić information content (AvgIpc) is 2.63. The van der Waals surface area contributed by atoms with Crippen molar-refractivity contribution in [2.75, 3.05) is 0 Å². The molecule has 2 aromatic carbocycles. The maximum Gasteiger partial charge on any atom is 0.0556 e. The van der Waals surface area contributed by atoms with Crippen LogP contribution in [0.4, 0.5) is 0 Å². The maximum atomic E-state index is 2.41. The lowest BCUT2D eigenvalue weighted by Crippen LogP contribution is -3.00. The highest BCUT2D eigenvalue weighted by Crippen LogP contribution is 2.45. The molecule has 0 nitrogen and oxygen atoms in total. The molecule has 0 aliphatic heterocycles. The highest BCUT2D eigenvalue weighted by Gasteiger charge is 2.30. The van der Waals surface area contributed by atoms with Gasteiger partial charge in [-0.15, -0.1) is 0 Å². The monoisotopic (exact) mass is 258 g/mol. The van der Waals surface area contributed by atoms with Gasteiger partial charge in [0, 0.05) is 5.54 Å². The molecule has 0 amide bonds. The van der Waals surface area contributed by atoms with Gasteiger partial charge in [-0.25, -0.2) is 0 Å². The molecular formula is C15H15ClSi-. The van der Waals surface area contributed by atoms with Crippen LogP contribution in [0.25, 0.3) is 11.1 Å². The average molecular weight is 259 g/mol. The Morgan fingerprint density at radius 2 is 1.18 bits per heavy atom. The van der Waals surface area contributed by atoms with Crippen molar-refractivity contribution in [3.63, 3.8) is 0 Å². The molecule has 2 heteroatoms. The summed E-state index contributed by atoms with van der Waals surface area (Å²) in [5.41, 5.74) is 6.67. The second-order valence-corrected chi connectivity index (χ2v) is 7.42. The Hall–Kier alpha value is -1.05. The lowest BCUT2D eigenvalue weighted by molar-refractivity contribution is -0.00000322. The fourth-order valence-electron chi connectivity index (χ4n) is 2.78. The third-order valence-corrected chi connectivity index (χ3v) is 5.19. The molecule has 1 radical (unpaired) electrons. The first-order valence-electron chi connectivity index (χ1n) is 5.77. The predicted molar refractivity (Wildman–Crippen MR) is 71.2 cm³/mol. The topological polar surface area (TPSA) is 0 Å². The van der Waals surface area contributed by atoms with Gasteiger partial charge in [-0.3, -0.25) is 0 Å². The second kappa shape index (κ2) is 4.67. The molecule has 2 aromatic rings. The summed E-state index contributed by atoms with van der Waals surface area (Å²) in [6.45, 7) is 4.82. The SMILES string of the molecule is C[Si](C)C1c2ccccc2-c2ccccc21.[Cl-]. The van der Waals surface area contributed by atoms with Gasteiger partial charge in [-0.2, -0.15) is 0 Å². The Morgan fingerprint density at radius 1 is 0.765 bits per heavy atom. The number of benzene rings is 2. The molecule has 0 fully saturated rings. The Labute approximate surface area is 111 Å². The Balaban J connectivity index is 0.00000108. The van der Waals surface area contributed by atoms with Crippen molar-refractivity contribution in [2.24, 2.45) is 0 Å². The molecule has 17 heavy (non-hydrogen) atoms. The van der Waals surface area contributed by atoms with Gasteiger partial charge in [0.05, 0.1) is 8.80 Å². The van der Waals surface area contributed by atoms with Crippen LogP contribution in [-0.2, 0) is 0 Å². The summed E-state index contributed by atoms with van der Waals surface area (Å²) in [6.07, 6.45) is 0. The first kappa shape index (κ1) is 12.4. The van der Waals surface area contributed by atoms with Crippen LogP contribution in [0.2, 0.25) is 13.1 Å². The Bertz CT molecular complexity index is 488. The van der Waals surface area contributed by atoms with E-state index in [1.54, 1.807) is 11.1 Å². The quantitative estimate of drug-likeness (QED) is 0.672. The van der Waals surface area contributed by atoms with E-state index < -0.39 is 0 Å². The molecule has 87 valence electrons. The Morgan fingerprint density at radius 3 is 1.59 bits per heavy atom. The van der Waals surface area contributed by atoms with Crippen molar-refractivity contribution in [1.82, 2.24) is 0 Å². The van der Waals surface area contributed by atoms with Gasteiger partial charge in [0.2, 0.25) is 0 Å². The molecule has 0 bridgehead atoms. The largest absolute Gasteiger partial charge is 1.00 e. The molecular weight excluding hydrogens is 244 g/mol. The van der Waals surface area contributed by atoms with Crippen molar-refractivity contribution in [3.05, 3.63) is 59.7 Å². The van der Waals surface area contributed by atoms with Gasteiger partial charge in [0.1, 0.15) is 0 Å². The number of hydrogen-bond donors (Lipinski definition) is 0. The zero-order valence-corrected chi connectivity index (χ0v) is 11.8. The van der Waals surface area contributed by atoms with Crippen LogP contribution in [0.3, 0.4) is 0 Å². The van der Waals surface area contributed by atoms with Crippen LogP contribution in [-0.4, -0.2) is 8.80 Å². The van der Waals surface area contributed by atoms with E-state index in [4.69, 9.17) is 0 Å². The van der Waals surface area contributed by atoms with Gasteiger partial charge >= 0.3 is 0 Å². The lowest BCUT2D eigenvalue weighted by Gasteiger charge is -2.16. The number of halogens is 1. The van der Waals surface area contributed by atoms with Gasteiger partial charge in [0.25, 0.3) is 0 Å². The summed E-state index contributed by atoms with van der Waals surface area (Å²) in [4.78, 5) is 0. The van der Waals surface area contributed by atoms with E-state index in [0.717, 1.165) is 0 Å². The molecule has 0 saturated carbocycles. The van der Waals surface area contributed by atoms with Crippen LogP contribution >= 0.6 is 0 Å². The minimum atomic E-state index is -0.336. The van der Waals surface area contributed by atoms with Crippen LogP contribution in [0.1, 0.15) is 16.7 Å². The van der Waals surface area contributed by atoms with E-state index in [-0.39, 0.29) is 21.2 Å². The minimum Gasteiger partial charge on any atom is -1.00 e. The van der Waals surface area contributed by atoms with E-state index in [1.165, 1.54) is 11.1 Å². The van der Waals surface area contributed by atoms with E-state index in [1.807, 2.05) is 0 Å². The fourth-order valence-corrected chi connectivity index (χ4v) is 4.53. The molecule has 1 aliphatic carbocycles. The van der Waals surface area contributed by atoms with Crippen LogP contribution in [0.15, 0.2) is 48.5 Å². The van der Waals surface area contributed by atoms with E-state index in [0.29, 0.717) is 5.54 Å². The first-order valence-corrected chi connectivity index (χ1v) is 8.35. The standard InChI is InChI=1S/C15H15Si.ClH/c1-16(2)15-13-9-5-3-7-11(13)12-8-4-6-10-14(12)15;/h3-10,15H,1-2H3;1H/p-1. The van der Waals surface area contributed by atoms with Crippen molar-refractivity contribution in [3.8, 4) is 11.1 Å². The van der Waals surface area contributed by atoms with E-state index in [9.17, 15) is 0 Å².